The van der Waals surface area contributed by atoms with E-state index in [9.17, 15) is 17.6 Å². The number of rotatable bonds is 5. The molecule has 0 fully saturated rings. The minimum Gasteiger partial charge on any atom is -0.326 e. The number of halogens is 1. The van der Waals surface area contributed by atoms with Gasteiger partial charge in [-0.2, -0.15) is 0 Å². The molecule has 1 N–H and O–H groups in total. The number of carbonyl (C=O) groups is 1. The zero-order valence-corrected chi connectivity index (χ0v) is 13.6. The molecule has 0 aliphatic rings. The molecule has 5 nitrogen and oxygen atoms in total. The summed E-state index contributed by atoms with van der Waals surface area (Å²) in [6, 6.07) is 11.9. The van der Waals surface area contributed by atoms with Crippen LogP contribution in [0.2, 0.25) is 0 Å². The lowest BCUT2D eigenvalue weighted by molar-refractivity contribution is -0.115. The molecular weight excluding hydrogens is 319 g/mol. The molecule has 0 atom stereocenters. The largest absolute Gasteiger partial charge is 0.326 e. The van der Waals surface area contributed by atoms with Crippen molar-refractivity contribution >= 4 is 21.6 Å². The predicted molar refractivity (Wildman–Crippen MR) is 86.0 cm³/mol. The average Bonchev–Trinajstić information content (AvgIpc) is 2.50. The van der Waals surface area contributed by atoms with E-state index in [0.717, 1.165) is 4.31 Å². The van der Waals surface area contributed by atoms with E-state index < -0.39 is 15.8 Å². The van der Waals surface area contributed by atoms with Crippen molar-refractivity contribution in [1.82, 2.24) is 4.31 Å². The number of hydrogen-bond donors (Lipinski definition) is 1. The summed E-state index contributed by atoms with van der Waals surface area (Å²) in [6.45, 7) is 0. The Morgan fingerprint density at radius 3 is 2.26 bits per heavy atom. The number of nitrogens with zero attached hydrogens (tertiary/aromatic N) is 1. The summed E-state index contributed by atoms with van der Waals surface area (Å²) in [7, 11) is -0.617. The second kappa shape index (κ2) is 6.89. The Bertz CT molecular complexity index is 802. The van der Waals surface area contributed by atoms with Gasteiger partial charge < -0.3 is 5.32 Å². The maximum atomic E-state index is 13.5. The topological polar surface area (TPSA) is 66.5 Å². The Balaban J connectivity index is 2.07. The summed E-state index contributed by atoms with van der Waals surface area (Å²) in [6.07, 6.45) is -0.0928. The highest BCUT2D eigenvalue weighted by atomic mass is 32.2. The molecule has 0 spiro atoms. The lowest BCUT2D eigenvalue weighted by Gasteiger charge is -2.12. The van der Waals surface area contributed by atoms with Crippen LogP contribution in [0.1, 0.15) is 5.56 Å². The maximum Gasteiger partial charge on any atom is 0.242 e. The van der Waals surface area contributed by atoms with E-state index in [1.807, 2.05) is 0 Å². The number of carbonyl (C=O) groups excluding carboxylic acids is 1. The Kier molecular flexibility index (Phi) is 5.12. The smallest absolute Gasteiger partial charge is 0.242 e. The predicted octanol–water partition coefficient (Wildman–Crippen LogP) is 2.26. The molecule has 0 bridgehead atoms. The quantitative estimate of drug-likeness (QED) is 0.911. The van der Waals surface area contributed by atoms with Gasteiger partial charge in [-0.25, -0.2) is 17.1 Å². The van der Waals surface area contributed by atoms with Gasteiger partial charge >= 0.3 is 0 Å². The van der Waals surface area contributed by atoms with Crippen LogP contribution in [0.4, 0.5) is 10.1 Å². The Morgan fingerprint density at radius 2 is 1.70 bits per heavy atom. The van der Waals surface area contributed by atoms with Crippen LogP contribution in [-0.2, 0) is 21.2 Å². The van der Waals surface area contributed by atoms with Crippen LogP contribution in [-0.4, -0.2) is 32.7 Å². The van der Waals surface area contributed by atoms with E-state index in [1.54, 1.807) is 18.2 Å². The molecule has 0 aliphatic heterocycles. The monoisotopic (exact) mass is 336 g/mol. The summed E-state index contributed by atoms with van der Waals surface area (Å²) in [4.78, 5) is 12.1. The summed E-state index contributed by atoms with van der Waals surface area (Å²) < 4.78 is 38.5. The molecule has 2 aromatic rings. The Hall–Kier alpha value is -2.25. The van der Waals surface area contributed by atoms with E-state index in [0.29, 0.717) is 11.3 Å². The van der Waals surface area contributed by atoms with Gasteiger partial charge in [0.15, 0.2) is 0 Å². The molecule has 23 heavy (non-hydrogen) atoms. The van der Waals surface area contributed by atoms with Gasteiger partial charge in [0, 0.05) is 19.8 Å². The zero-order valence-electron chi connectivity index (χ0n) is 12.8. The number of sulfonamides is 1. The third-order valence-electron chi connectivity index (χ3n) is 3.23. The normalized spacial score (nSPS) is 11.5. The first-order valence-corrected chi connectivity index (χ1v) is 8.30. The highest BCUT2D eigenvalue weighted by Crippen LogP contribution is 2.17. The van der Waals surface area contributed by atoms with Crippen molar-refractivity contribution in [2.75, 3.05) is 19.4 Å². The first-order valence-electron chi connectivity index (χ1n) is 6.86. The fourth-order valence-corrected chi connectivity index (χ4v) is 2.84. The molecule has 0 unspecified atom stereocenters. The van der Waals surface area contributed by atoms with E-state index in [-0.39, 0.29) is 17.2 Å². The second-order valence-corrected chi connectivity index (χ2v) is 7.28. The maximum absolute atomic E-state index is 13.5. The van der Waals surface area contributed by atoms with E-state index in [4.69, 9.17) is 0 Å². The fraction of sp³-hybridized carbons (Fsp3) is 0.188. The van der Waals surface area contributed by atoms with Gasteiger partial charge in [-0.1, -0.05) is 18.2 Å². The highest BCUT2D eigenvalue weighted by Gasteiger charge is 2.16. The standard InChI is InChI=1S/C16H17FN2O3S/c1-19(2)23(21,22)14-9-7-13(8-10-14)18-16(20)11-12-5-3-4-6-15(12)17/h3-10H,11H2,1-2H3,(H,18,20). The lowest BCUT2D eigenvalue weighted by atomic mass is 10.1. The van der Waals surface area contributed by atoms with Gasteiger partial charge in [0.2, 0.25) is 15.9 Å². The van der Waals surface area contributed by atoms with Crippen molar-refractivity contribution in [3.63, 3.8) is 0 Å². The number of benzene rings is 2. The van der Waals surface area contributed by atoms with Crippen molar-refractivity contribution in [2.24, 2.45) is 0 Å². The minimum absolute atomic E-state index is 0.0928. The van der Waals surface area contributed by atoms with Crippen molar-refractivity contribution in [2.45, 2.75) is 11.3 Å². The van der Waals surface area contributed by atoms with Crippen molar-refractivity contribution in [1.29, 1.82) is 0 Å². The Labute approximate surface area is 134 Å². The molecule has 0 aromatic heterocycles. The van der Waals surface area contributed by atoms with Gasteiger partial charge in [-0.15, -0.1) is 0 Å². The molecule has 0 saturated heterocycles. The summed E-state index contributed by atoms with van der Waals surface area (Å²) in [5.41, 5.74) is 0.751. The third-order valence-corrected chi connectivity index (χ3v) is 5.05. The molecule has 2 rings (SSSR count). The molecule has 0 radical (unpaired) electrons. The van der Waals surface area contributed by atoms with Gasteiger partial charge in [-0.3, -0.25) is 4.79 Å². The molecular formula is C16H17FN2O3S. The molecule has 2 aromatic carbocycles. The van der Waals surface area contributed by atoms with E-state index >= 15 is 0 Å². The van der Waals surface area contributed by atoms with Gasteiger partial charge in [0.25, 0.3) is 0 Å². The van der Waals surface area contributed by atoms with Gasteiger partial charge in [-0.05, 0) is 35.9 Å². The average molecular weight is 336 g/mol. The first kappa shape index (κ1) is 17.1. The zero-order chi connectivity index (χ0) is 17.0. The minimum atomic E-state index is -3.51. The van der Waals surface area contributed by atoms with Crippen LogP contribution < -0.4 is 5.32 Å². The van der Waals surface area contributed by atoms with Crippen molar-refractivity contribution in [3.8, 4) is 0 Å². The van der Waals surface area contributed by atoms with Crippen molar-refractivity contribution < 1.29 is 17.6 Å². The van der Waals surface area contributed by atoms with E-state index in [2.05, 4.69) is 5.32 Å². The Morgan fingerprint density at radius 1 is 1.09 bits per heavy atom. The number of nitrogens with one attached hydrogen (secondary N) is 1. The van der Waals surface area contributed by atoms with E-state index in [1.165, 1.54) is 44.4 Å². The highest BCUT2D eigenvalue weighted by molar-refractivity contribution is 7.89. The van der Waals surface area contributed by atoms with Crippen LogP contribution in [0, 0.1) is 5.82 Å². The number of anilines is 1. The lowest BCUT2D eigenvalue weighted by Crippen LogP contribution is -2.22. The van der Waals surface area contributed by atoms with Crippen LogP contribution in [0.15, 0.2) is 53.4 Å². The van der Waals surface area contributed by atoms with Crippen LogP contribution >= 0.6 is 0 Å². The van der Waals surface area contributed by atoms with Crippen LogP contribution in [0.25, 0.3) is 0 Å². The molecule has 7 heteroatoms. The number of hydrogen-bond acceptors (Lipinski definition) is 3. The second-order valence-electron chi connectivity index (χ2n) is 5.13. The summed E-state index contributed by atoms with van der Waals surface area (Å²) >= 11 is 0. The molecule has 0 aliphatic carbocycles. The summed E-state index contributed by atoms with van der Waals surface area (Å²) in [5.74, 6) is -0.812. The SMILES string of the molecule is CN(C)S(=O)(=O)c1ccc(NC(=O)Cc2ccccc2F)cc1. The molecule has 0 heterocycles. The van der Waals surface area contributed by atoms with Crippen LogP contribution in [0.5, 0.6) is 0 Å². The first-order chi connectivity index (χ1) is 10.8. The van der Waals surface area contributed by atoms with Crippen molar-refractivity contribution in [3.05, 3.63) is 59.9 Å². The molecule has 122 valence electrons. The molecule has 1 amide bonds. The molecule has 0 saturated carbocycles. The van der Waals surface area contributed by atoms with Crippen LogP contribution in [0.3, 0.4) is 0 Å². The van der Waals surface area contributed by atoms with Gasteiger partial charge in [0.05, 0.1) is 11.3 Å². The third kappa shape index (κ3) is 4.14. The number of amides is 1. The summed E-state index contributed by atoms with van der Waals surface area (Å²) in [5, 5.41) is 2.61. The van der Waals surface area contributed by atoms with Gasteiger partial charge in [0.1, 0.15) is 5.82 Å². The fourth-order valence-electron chi connectivity index (χ4n) is 1.94.